The molecule has 102 valence electrons. The van der Waals surface area contributed by atoms with Crippen LogP contribution in [0.4, 0.5) is 13.2 Å². The first-order valence-electron chi connectivity index (χ1n) is 5.20. The number of hydrogen-bond acceptors (Lipinski definition) is 4. The highest BCUT2D eigenvalue weighted by Crippen LogP contribution is 2.16. The maximum absolute atomic E-state index is 13.6. The molecule has 2 aromatic heterocycles. The van der Waals surface area contributed by atoms with Crippen molar-refractivity contribution < 1.29 is 13.2 Å². The Morgan fingerprint density at radius 1 is 1.05 bits per heavy atom. The van der Waals surface area contributed by atoms with Crippen LogP contribution in [0.2, 0.25) is 0 Å². The smallest absolute Gasteiger partial charge is 0.288 e. The summed E-state index contributed by atoms with van der Waals surface area (Å²) in [6, 6.07) is 0.717. The number of H-pyrrole nitrogens is 2. The summed E-state index contributed by atoms with van der Waals surface area (Å²) in [5.41, 5.74) is -3.66. The minimum Gasteiger partial charge on any atom is -0.288 e. The Morgan fingerprint density at radius 3 is 2.35 bits per heavy atom. The largest absolute Gasteiger partial charge is 0.334 e. The molecule has 3 rings (SSSR count). The lowest BCUT2D eigenvalue weighted by Gasteiger charge is -2.06. The van der Waals surface area contributed by atoms with Crippen LogP contribution in [0.1, 0.15) is 0 Å². The maximum atomic E-state index is 13.6. The van der Waals surface area contributed by atoms with E-state index in [9.17, 15) is 22.8 Å². The molecule has 0 aliphatic heterocycles. The number of fused-ring (bicyclic) bond motifs is 1. The highest BCUT2D eigenvalue weighted by Gasteiger charge is 2.20. The molecule has 2 N–H and O–H groups in total. The van der Waals surface area contributed by atoms with Gasteiger partial charge in [0.15, 0.2) is 22.8 Å². The maximum Gasteiger partial charge on any atom is 0.334 e. The molecule has 0 atom stereocenters. The van der Waals surface area contributed by atoms with E-state index in [2.05, 4.69) is 20.4 Å². The van der Waals surface area contributed by atoms with E-state index in [1.807, 2.05) is 0 Å². The zero-order valence-electron chi connectivity index (χ0n) is 9.45. The van der Waals surface area contributed by atoms with Crippen LogP contribution in [0.3, 0.4) is 0 Å². The third-order valence-corrected chi connectivity index (χ3v) is 2.59. The van der Waals surface area contributed by atoms with Crippen LogP contribution in [0.25, 0.3) is 16.9 Å². The van der Waals surface area contributed by atoms with E-state index in [0.29, 0.717) is 12.1 Å². The van der Waals surface area contributed by atoms with Crippen molar-refractivity contribution in [1.82, 2.24) is 25.0 Å². The normalized spacial score (nSPS) is 11.2. The van der Waals surface area contributed by atoms with Gasteiger partial charge >= 0.3 is 5.69 Å². The Morgan fingerprint density at radius 2 is 1.70 bits per heavy atom. The third kappa shape index (κ3) is 1.61. The minimum absolute atomic E-state index is 0.154. The minimum atomic E-state index is -1.39. The number of rotatable bonds is 1. The monoisotopic (exact) mass is 283 g/mol. The summed E-state index contributed by atoms with van der Waals surface area (Å²) in [5, 5.41) is 9.04. The summed E-state index contributed by atoms with van der Waals surface area (Å²) in [6.45, 7) is 0. The van der Waals surface area contributed by atoms with Crippen LogP contribution in [-0.4, -0.2) is 25.0 Å². The van der Waals surface area contributed by atoms with Gasteiger partial charge in [-0.1, -0.05) is 0 Å². The van der Waals surface area contributed by atoms with Gasteiger partial charge in [-0.25, -0.2) is 22.5 Å². The highest BCUT2D eigenvalue weighted by atomic mass is 19.1. The first-order valence-corrected chi connectivity index (χ1v) is 5.20. The van der Waals surface area contributed by atoms with Crippen LogP contribution in [0, 0.1) is 17.5 Å². The molecule has 10 heteroatoms. The Balaban J connectivity index is 2.47. The fraction of sp³-hybridized carbons (Fsp3) is 0. The molecule has 0 saturated carbocycles. The predicted molar refractivity (Wildman–Crippen MR) is 60.0 cm³/mol. The van der Waals surface area contributed by atoms with Crippen molar-refractivity contribution in [2.24, 2.45) is 0 Å². The second-order valence-electron chi connectivity index (χ2n) is 3.81. The Kier molecular flexibility index (Phi) is 2.46. The van der Waals surface area contributed by atoms with Crippen LogP contribution >= 0.6 is 0 Å². The van der Waals surface area contributed by atoms with Crippen molar-refractivity contribution in [2.75, 3.05) is 0 Å². The lowest BCUT2D eigenvalue weighted by Crippen LogP contribution is -2.35. The fourth-order valence-electron chi connectivity index (χ4n) is 1.77. The van der Waals surface area contributed by atoms with Gasteiger partial charge in [-0.2, -0.15) is 5.21 Å². The molecule has 0 saturated heterocycles. The summed E-state index contributed by atoms with van der Waals surface area (Å²) < 4.78 is 40.3. The molecule has 0 amide bonds. The average molecular weight is 283 g/mol. The summed E-state index contributed by atoms with van der Waals surface area (Å²) >= 11 is 0. The van der Waals surface area contributed by atoms with Gasteiger partial charge < -0.3 is 0 Å². The van der Waals surface area contributed by atoms with Crippen molar-refractivity contribution in [2.45, 2.75) is 0 Å². The second-order valence-corrected chi connectivity index (χ2v) is 3.81. The number of halogens is 3. The quantitative estimate of drug-likeness (QED) is 0.667. The molecule has 0 spiro atoms. The number of aromatic amines is 2. The lowest BCUT2D eigenvalue weighted by atomic mass is 10.2. The summed E-state index contributed by atoms with van der Waals surface area (Å²) in [7, 11) is 0. The zero-order chi connectivity index (χ0) is 14.4. The van der Waals surface area contributed by atoms with E-state index in [0.717, 1.165) is 0 Å². The number of aromatic nitrogens is 5. The molecule has 2 heterocycles. The van der Waals surface area contributed by atoms with Gasteiger partial charge in [-0.05, 0) is 0 Å². The van der Waals surface area contributed by atoms with Gasteiger partial charge in [-0.15, -0.1) is 10.2 Å². The van der Waals surface area contributed by atoms with Crippen molar-refractivity contribution in [1.29, 1.82) is 0 Å². The van der Waals surface area contributed by atoms with Gasteiger partial charge in [0.2, 0.25) is 0 Å². The molecule has 0 bridgehead atoms. The number of nitrogens with one attached hydrogen (secondary N) is 2. The molecule has 0 fully saturated rings. The lowest BCUT2D eigenvalue weighted by molar-refractivity contribution is 0.530. The van der Waals surface area contributed by atoms with E-state index in [4.69, 9.17) is 0 Å². The molecule has 0 radical (unpaired) electrons. The third-order valence-electron chi connectivity index (χ3n) is 2.59. The molecule has 0 aliphatic rings. The zero-order valence-corrected chi connectivity index (χ0v) is 9.45. The van der Waals surface area contributed by atoms with E-state index in [1.165, 1.54) is 0 Å². The van der Waals surface area contributed by atoms with Gasteiger partial charge in [0.25, 0.3) is 5.56 Å². The Hall–Kier alpha value is -2.91. The van der Waals surface area contributed by atoms with Gasteiger partial charge in [0.1, 0.15) is 11.5 Å². The number of nitrogens with zero attached hydrogens (tertiary/aromatic N) is 3. The number of hydrogen-bond donors (Lipinski definition) is 2. The second kappa shape index (κ2) is 4.05. The van der Waals surface area contributed by atoms with E-state index in [-0.39, 0.29) is 15.7 Å². The predicted octanol–water partition coefficient (Wildman–Crippen LogP) is 0.214. The molecular weight excluding hydrogens is 279 g/mol. The molecule has 0 aliphatic carbocycles. The van der Waals surface area contributed by atoms with Crippen LogP contribution in [0.5, 0.6) is 0 Å². The van der Waals surface area contributed by atoms with E-state index < -0.39 is 34.4 Å². The summed E-state index contributed by atoms with van der Waals surface area (Å²) in [5.74, 6) is -3.95. The van der Waals surface area contributed by atoms with Crippen molar-refractivity contribution in [3.05, 3.63) is 50.4 Å². The summed E-state index contributed by atoms with van der Waals surface area (Å²) in [6.07, 6.45) is 0. The SMILES string of the molecule is O=c1[nH]c2n[nH]nc2c(=O)n1-c1c(F)cc(F)cc1F. The highest BCUT2D eigenvalue weighted by molar-refractivity contribution is 5.67. The fourth-order valence-corrected chi connectivity index (χ4v) is 1.77. The summed E-state index contributed by atoms with van der Waals surface area (Å²) in [4.78, 5) is 25.9. The van der Waals surface area contributed by atoms with E-state index >= 15 is 0 Å². The van der Waals surface area contributed by atoms with Crippen molar-refractivity contribution >= 4 is 11.2 Å². The molecule has 0 unspecified atom stereocenters. The Labute approximate surface area is 106 Å². The van der Waals surface area contributed by atoms with E-state index in [1.54, 1.807) is 0 Å². The van der Waals surface area contributed by atoms with Gasteiger partial charge in [0, 0.05) is 12.1 Å². The van der Waals surface area contributed by atoms with Crippen LogP contribution < -0.4 is 11.2 Å². The van der Waals surface area contributed by atoms with Gasteiger partial charge in [0.05, 0.1) is 0 Å². The standard InChI is InChI=1S/C10H4F3N5O2/c11-3-1-4(12)7(5(13)2-3)18-9(19)6-8(14-10(18)20)16-17-15-6/h1-2H,(H2,14,15,16,17,20). The van der Waals surface area contributed by atoms with Crippen molar-refractivity contribution in [3.63, 3.8) is 0 Å². The Bertz CT molecular complexity index is 919. The van der Waals surface area contributed by atoms with Gasteiger partial charge in [-0.3, -0.25) is 9.78 Å². The van der Waals surface area contributed by atoms with Crippen molar-refractivity contribution in [3.8, 4) is 5.69 Å². The first-order chi connectivity index (χ1) is 9.49. The average Bonchev–Trinajstić information content (AvgIpc) is 2.80. The molecular formula is C10H4F3N5O2. The first kappa shape index (κ1) is 12.1. The van der Waals surface area contributed by atoms with Crippen LogP contribution in [-0.2, 0) is 0 Å². The number of benzene rings is 1. The molecule has 7 nitrogen and oxygen atoms in total. The molecule has 20 heavy (non-hydrogen) atoms. The van der Waals surface area contributed by atoms with Crippen LogP contribution in [0.15, 0.2) is 21.7 Å². The topological polar surface area (TPSA) is 96.4 Å². The molecule has 1 aromatic carbocycles. The molecule has 3 aromatic rings.